The Morgan fingerprint density at radius 2 is 2.12 bits per heavy atom. The van der Waals surface area contributed by atoms with Crippen LogP contribution in [0.2, 0.25) is 0 Å². The summed E-state index contributed by atoms with van der Waals surface area (Å²) in [6.07, 6.45) is 8.26. The Kier molecular flexibility index (Phi) is 3.49. The maximum Gasteiger partial charge on any atom is 0.0800 e. The van der Waals surface area contributed by atoms with Crippen LogP contribution in [0, 0.1) is 6.92 Å². The average Bonchev–Trinajstić information content (AvgIpc) is 2.78. The molecule has 2 heterocycles. The van der Waals surface area contributed by atoms with Crippen LogP contribution >= 0.6 is 0 Å². The van der Waals surface area contributed by atoms with Crippen molar-refractivity contribution in [3.8, 4) is 0 Å². The van der Waals surface area contributed by atoms with Crippen molar-refractivity contribution >= 4 is 0 Å². The molecule has 90 valence electrons. The van der Waals surface area contributed by atoms with Gasteiger partial charge in [-0.25, -0.2) is 0 Å². The molecule has 17 heavy (non-hydrogen) atoms. The van der Waals surface area contributed by atoms with Crippen molar-refractivity contribution in [2.45, 2.75) is 32.9 Å². The smallest absolute Gasteiger partial charge is 0.0800 e. The van der Waals surface area contributed by atoms with E-state index in [1.807, 2.05) is 17.8 Å². The molecule has 2 rings (SSSR count). The Morgan fingerprint density at radius 3 is 2.76 bits per heavy atom. The molecule has 5 heteroatoms. The minimum Gasteiger partial charge on any atom is -0.319 e. The normalized spacial score (nSPS) is 12.6. The van der Waals surface area contributed by atoms with E-state index in [-0.39, 0.29) is 6.04 Å². The van der Waals surface area contributed by atoms with Gasteiger partial charge < -0.3 is 5.73 Å². The highest BCUT2D eigenvalue weighted by Gasteiger charge is 2.12. The van der Waals surface area contributed by atoms with Gasteiger partial charge in [0.05, 0.1) is 29.8 Å². The zero-order valence-electron chi connectivity index (χ0n) is 10.2. The van der Waals surface area contributed by atoms with E-state index in [2.05, 4.69) is 22.0 Å². The molecule has 2 N–H and O–H groups in total. The summed E-state index contributed by atoms with van der Waals surface area (Å²) >= 11 is 0. The molecule has 2 aromatic rings. The lowest BCUT2D eigenvalue weighted by Crippen LogP contribution is -2.13. The van der Waals surface area contributed by atoms with E-state index in [9.17, 15) is 0 Å². The van der Waals surface area contributed by atoms with Gasteiger partial charge >= 0.3 is 0 Å². The average molecular weight is 231 g/mol. The number of rotatable bonds is 4. The van der Waals surface area contributed by atoms with Crippen molar-refractivity contribution in [1.29, 1.82) is 0 Å². The van der Waals surface area contributed by atoms with Gasteiger partial charge in [0.1, 0.15) is 0 Å². The van der Waals surface area contributed by atoms with Crippen LogP contribution in [0.15, 0.2) is 24.8 Å². The largest absolute Gasteiger partial charge is 0.319 e. The van der Waals surface area contributed by atoms with Gasteiger partial charge in [-0.1, -0.05) is 6.92 Å². The first-order chi connectivity index (χ1) is 8.20. The number of nitrogens with zero attached hydrogens (tertiary/aromatic N) is 4. The summed E-state index contributed by atoms with van der Waals surface area (Å²) in [6, 6.07) is -0.256. The molecule has 0 aliphatic heterocycles. The Hall–Kier alpha value is -1.75. The van der Waals surface area contributed by atoms with Gasteiger partial charge in [0.2, 0.25) is 0 Å². The molecule has 1 unspecified atom stereocenters. The molecule has 2 aromatic heterocycles. The number of aryl methyl sites for hydroxylation is 2. The van der Waals surface area contributed by atoms with Gasteiger partial charge in [-0.05, 0) is 13.3 Å². The minimum absolute atomic E-state index is 0.256. The highest BCUT2D eigenvalue weighted by Crippen LogP contribution is 2.16. The van der Waals surface area contributed by atoms with Crippen molar-refractivity contribution < 1.29 is 0 Å². The lowest BCUT2D eigenvalue weighted by Gasteiger charge is -2.08. The van der Waals surface area contributed by atoms with Crippen LogP contribution in [0.3, 0.4) is 0 Å². The molecule has 0 spiro atoms. The first-order valence-electron chi connectivity index (χ1n) is 5.77. The van der Waals surface area contributed by atoms with Crippen molar-refractivity contribution in [2.75, 3.05) is 0 Å². The van der Waals surface area contributed by atoms with E-state index < -0.39 is 0 Å². The Bertz CT molecular complexity index is 474. The SMILES string of the molecule is CCCn1cc(C(N)c2cnc(C)cn2)cn1. The zero-order valence-corrected chi connectivity index (χ0v) is 10.2. The van der Waals surface area contributed by atoms with Gasteiger partial charge in [-0.15, -0.1) is 0 Å². The highest BCUT2D eigenvalue weighted by atomic mass is 15.3. The van der Waals surface area contributed by atoms with Crippen molar-refractivity contribution in [1.82, 2.24) is 19.7 Å². The molecule has 0 radical (unpaired) electrons. The molecule has 1 atom stereocenters. The predicted octanol–water partition coefficient (Wildman–Crippen LogP) is 1.44. The third-order valence-corrected chi connectivity index (χ3v) is 2.58. The van der Waals surface area contributed by atoms with Crippen LogP contribution in [-0.4, -0.2) is 19.7 Å². The topological polar surface area (TPSA) is 69.6 Å². The third kappa shape index (κ3) is 2.68. The second kappa shape index (κ2) is 5.05. The molecular formula is C12H17N5. The summed E-state index contributed by atoms with van der Waals surface area (Å²) < 4.78 is 1.90. The lowest BCUT2D eigenvalue weighted by molar-refractivity contribution is 0.601. The van der Waals surface area contributed by atoms with Gasteiger partial charge in [-0.2, -0.15) is 5.10 Å². The molecule has 0 bridgehead atoms. The highest BCUT2D eigenvalue weighted by molar-refractivity contribution is 5.21. The molecule has 0 saturated heterocycles. The van der Waals surface area contributed by atoms with Crippen LogP contribution in [0.25, 0.3) is 0 Å². The quantitative estimate of drug-likeness (QED) is 0.864. The monoisotopic (exact) mass is 231 g/mol. The molecule has 0 aliphatic rings. The summed E-state index contributed by atoms with van der Waals surface area (Å²) in [4.78, 5) is 8.48. The van der Waals surface area contributed by atoms with Gasteiger partial charge in [0.15, 0.2) is 0 Å². The molecule has 0 aromatic carbocycles. The van der Waals surface area contributed by atoms with E-state index in [4.69, 9.17) is 5.73 Å². The van der Waals surface area contributed by atoms with E-state index >= 15 is 0 Å². The number of nitrogens with two attached hydrogens (primary N) is 1. The summed E-state index contributed by atoms with van der Waals surface area (Å²) in [7, 11) is 0. The Balaban J connectivity index is 2.18. The second-order valence-corrected chi connectivity index (χ2v) is 4.10. The molecule has 5 nitrogen and oxygen atoms in total. The molecule has 0 saturated carbocycles. The maximum absolute atomic E-state index is 6.12. The standard InChI is InChI=1S/C12H17N5/c1-3-4-17-8-10(6-16-17)12(13)11-7-14-9(2)5-15-11/h5-8,12H,3-4,13H2,1-2H3. The Morgan fingerprint density at radius 1 is 1.29 bits per heavy atom. The van der Waals surface area contributed by atoms with E-state index in [1.54, 1.807) is 18.6 Å². The fraction of sp³-hybridized carbons (Fsp3) is 0.417. The second-order valence-electron chi connectivity index (χ2n) is 4.10. The van der Waals surface area contributed by atoms with Crippen LogP contribution in [0.5, 0.6) is 0 Å². The first kappa shape index (κ1) is 11.7. The van der Waals surface area contributed by atoms with Gasteiger partial charge in [0.25, 0.3) is 0 Å². The molecule has 0 aliphatic carbocycles. The van der Waals surface area contributed by atoms with Crippen LogP contribution in [0.1, 0.15) is 36.3 Å². The first-order valence-corrected chi connectivity index (χ1v) is 5.77. The number of aromatic nitrogens is 4. The minimum atomic E-state index is -0.256. The fourth-order valence-corrected chi connectivity index (χ4v) is 1.63. The molecule has 0 fully saturated rings. The van der Waals surface area contributed by atoms with Crippen LogP contribution < -0.4 is 5.73 Å². The van der Waals surface area contributed by atoms with E-state index in [0.717, 1.165) is 29.9 Å². The van der Waals surface area contributed by atoms with E-state index in [1.165, 1.54) is 0 Å². The zero-order chi connectivity index (χ0) is 12.3. The van der Waals surface area contributed by atoms with Crippen molar-refractivity contribution in [3.63, 3.8) is 0 Å². The maximum atomic E-state index is 6.12. The fourth-order valence-electron chi connectivity index (χ4n) is 1.63. The molecular weight excluding hydrogens is 214 g/mol. The molecule has 0 amide bonds. The van der Waals surface area contributed by atoms with Crippen molar-refractivity contribution in [2.24, 2.45) is 5.73 Å². The predicted molar refractivity (Wildman–Crippen MR) is 65.3 cm³/mol. The summed E-state index contributed by atoms with van der Waals surface area (Å²) in [5.74, 6) is 0. The summed E-state index contributed by atoms with van der Waals surface area (Å²) in [5.41, 5.74) is 8.75. The summed E-state index contributed by atoms with van der Waals surface area (Å²) in [6.45, 7) is 4.93. The van der Waals surface area contributed by atoms with E-state index in [0.29, 0.717) is 0 Å². The number of hydrogen-bond acceptors (Lipinski definition) is 4. The van der Waals surface area contributed by atoms with Crippen LogP contribution in [0.4, 0.5) is 0 Å². The lowest BCUT2D eigenvalue weighted by atomic mass is 10.1. The van der Waals surface area contributed by atoms with Gasteiger partial charge in [0, 0.05) is 24.5 Å². The third-order valence-electron chi connectivity index (χ3n) is 2.58. The number of hydrogen-bond donors (Lipinski definition) is 1. The summed E-state index contributed by atoms with van der Waals surface area (Å²) in [5, 5.41) is 4.26. The van der Waals surface area contributed by atoms with Crippen molar-refractivity contribution in [3.05, 3.63) is 41.7 Å². The Labute approximate surface area is 101 Å². The van der Waals surface area contributed by atoms with Gasteiger partial charge in [-0.3, -0.25) is 14.6 Å². The van der Waals surface area contributed by atoms with Crippen LogP contribution in [-0.2, 0) is 6.54 Å².